The van der Waals surface area contributed by atoms with Crippen LogP contribution in [0.3, 0.4) is 0 Å². The molecular formula is C16H23ClN4. The van der Waals surface area contributed by atoms with Crippen molar-refractivity contribution in [1.29, 1.82) is 0 Å². The molecule has 114 valence electrons. The average molecular weight is 307 g/mol. The van der Waals surface area contributed by atoms with Crippen LogP contribution in [0.2, 0.25) is 5.02 Å². The summed E-state index contributed by atoms with van der Waals surface area (Å²) in [7, 11) is 0. The summed E-state index contributed by atoms with van der Waals surface area (Å²) >= 11 is 6.40. The summed E-state index contributed by atoms with van der Waals surface area (Å²) in [5.74, 6) is 5.80. The molecule has 1 atom stereocenters. The van der Waals surface area contributed by atoms with E-state index >= 15 is 0 Å². The Labute approximate surface area is 131 Å². The maximum absolute atomic E-state index is 6.40. The lowest BCUT2D eigenvalue weighted by molar-refractivity contribution is 0.514. The zero-order valence-electron chi connectivity index (χ0n) is 12.9. The van der Waals surface area contributed by atoms with E-state index in [1.54, 1.807) is 0 Å². The quantitative estimate of drug-likeness (QED) is 0.636. The number of hydrogen-bond donors (Lipinski definition) is 2. The van der Waals surface area contributed by atoms with E-state index in [9.17, 15) is 0 Å². The maximum atomic E-state index is 6.40. The lowest BCUT2D eigenvalue weighted by atomic mass is 9.95. The van der Waals surface area contributed by atoms with Gasteiger partial charge in [0.05, 0.1) is 22.5 Å². The number of nitrogens with zero attached hydrogens (tertiary/aromatic N) is 2. The third kappa shape index (κ3) is 3.28. The fourth-order valence-electron chi connectivity index (χ4n) is 2.71. The zero-order chi connectivity index (χ0) is 15.4. The molecule has 0 saturated carbocycles. The van der Waals surface area contributed by atoms with Gasteiger partial charge in [0, 0.05) is 13.0 Å². The van der Waals surface area contributed by atoms with Gasteiger partial charge in [-0.2, -0.15) is 5.10 Å². The topological polar surface area (TPSA) is 55.9 Å². The Balaban J connectivity index is 2.36. The number of rotatable bonds is 6. The summed E-state index contributed by atoms with van der Waals surface area (Å²) < 4.78 is 1.95. The third-order valence-corrected chi connectivity index (χ3v) is 4.35. The minimum atomic E-state index is 0.0278. The van der Waals surface area contributed by atoms with E-state index in [0.29, 0.717) is 0 Å². The monoisotopic (exact) mass is 306 g/mol. The molecule has 5 heteroatoms. The normalized spacial score (nSPS) is 12.6. The molecule has 0 spiro atoms. The standard InChI is InChI=1S/C16H23ClN4/c1-4-12-8-6-7-9-13(12)14(19-18)10-15-16(17)11(3)20-21(15)5-2/h6-9,14,19H,4-5,10,18H2,1-3H3. The van der Waals surface area contributed by atoms with Crippen molar-refractivity contribution in [2.75, 3.05) is 0 Å². The Morgan fingerprint density at radius 2 is 2.05 bits per heavy atom. The molecule has 0 saturated heterocycles. The Hall–Kier alpha value is -1.36. The van der Waals surface area contributed by atoms with Crippen LogP contribution in [-0.4, -0.2) is 9.78 Å². The SMILES string of the molecule is CCc1ccccc1C(Cc1c(Cl)c(C)nn1CC)NN. The third-order valence-electron chi connectivity index (χ3n) is 3.86. The zero-order valence-corrected chi connectivity index (χ0v) is 13.6. The number of nitrogens with two attached hydrogens (primary N) is 1. The van der Waals surface area contributed by atoms with Crippen molar-refractivity contribution < 1.29 is 0 Å². The van der Waals surface area contributed by atoms with E-state index in [-0.39, 0.29) is 6.04 Å². The van der Waals surface area contributed by atoms with Gasteiger partial charge in [-0.1, -0.05) is 42.8 Å². The molecule has 0 aliphatic carbocycles. The molecule has 1 aromatic carbocycles. The van der Waals surface area contributed by atoms with Gasteiger partial charge in [-0.15, -0.1) is 0 Å². The van der Waals surface area contributed by atoms with E-state index in [2.05, 4.69) is 42.6 Å². The Kier molecular flexibility index (Phi) is 5.39. The molecule has 0 aliphatic heterocycles. The van der Waals surface area contributed by atoms with Crippen molar-refractivity contribution in [3.63, 3.8) is 0 Å². The van der Waals surface area contributed by atoms with Crippen LogP contribution in [0.1, 0.15) is 42.4 Å². The number of aromatic nitrogens is 2. The molecule has 21 heavy (non-hydrogen) atoms. The van der Waals surface area contributed by atoms with Gasteiger partial charge < -0.3 is 0 Å². The van der Waals surface area contributed by atoms with Gasteiger partial charge in [0.2, 0.25) is 0 Å². The smallest absolute Gasteiger partial charge is 0.0847 e. The van der Waals surface area contributed by atoms with Crippen molar-refractivity contribution in [3.8, 4) is 0 Å². The van der Waals surface area contributed by atoms with E-state index in [1.807, 2.05) is 17.7 Å². The van der Waals surface area contributed by atoms with Crippen LogP contribution in [0.15, 0.2) is 24.3 Å². The number of halogens is 1. The van der Waals surface area contributed by atoms with E-state index in [0.717, 1.165) is 35.8 Å². The molecule has 2 aromatic rings. The van der Waals surface area contributed by atoms with Crippen LogP contribution in [0.4, 0.5) is 0 Å². The number of hydrazine groups is 1. The van der Waals surface area contributed by atoms with Crippen molar-refractivity contribution in [3.05, 3.63) is 51.8 Å². The van der Waals surface area contributed by atoms with E-state index in [1.165, 1.54) is 11.1 Å². The fourth-order valence-corrected chi connectivity index (χ4v) is 2.92. The molecule has 0 aliphatic rings. The average Bonchev–Trinajstić information content (AvgIpc) is 2.79. The number of hydrogen-bond acceptors (Lipinski definition) is 3. The van der Waals surface area contributed by atoms with Gasteiger partial charge in [0.1, 0.15) is 0 Å². The first-order valence-electron chi connectivity index (χ1n) is 7.38. The highest BCUT2D eigenvalue weighted by Gasteiger charge is 2.19. The first kappa shape index (κ1) is 16.0. The van der Waals surface area contributed by atoms with Crippen molar-refractivity contribution in [2.45, 2.75) is 46.2 Å². The predicted octanol–water partition coefficient (Wildman–Crippen LogP) is 3.17. The number of nitrogens with one attached hydrogen (secondary N) is 1. The second kappa shape index (κ2) is 7.07. The molecule has 0 fully saturated rings. The molecular weight excluding hydrogens is 284 g/mol. The fraction of sp³-hybridized carbons (Fsp3) is 0.438. The Bertz CT molecular complexity index is 606. The van der Waals surface area contributed by atoms with E-state index < -0.39 is 0 Å². The predicted molar refractivity (Wildman–Crippen MR) is 87.2 cm³/mol. The van der Waals surface area contributed by atoms with Crippen LogP contribution in [0.5, 0.6) is 0 Å². The van der Waals surface area contributed by atoms with Crippen molar-refractivity contribution >= 4 is 11.6 Å². The summed E-state index contributed by atoms with van der Waals surface area (Å²) in [4.78, 5) is 0. The minimum absolute atomic E-state index is 0.0278. The summed E-state index contributed by atoms with van der Waals surface area (Å²) in [6, 6.07) is 8.40. The maximum Gasteiger partial charge on any atom is 0.0847 e. The Morgan fingerprint density at radius 3 is 2.67 bits per heavy atom. The number of aryl methyl sites for hydroxylation is 3. The summed E-state index contributed by atoms with van der Waals surface area (Å²) in [5, 5.41) is 5.21. The molecule has 4 nitrogen and oxygen atoms in total. The molecule has 3 N–H and O–H groups in total. The lowest BCUT2D eigenvalue weighted by Crippen LogP contribution is -2.31. The molecule has 0 bridgehead atoms. The van der Waals surface area contributed by atoms with Crippen LogP contribution < -0.4 is 11.3 Å². The largest absolute Gasteiger partial charge is 0.271 e. The molecule has 1 aromatic heterocycles. The van der Waals surface area contributed by atoms with Gasteiger partial charge in [0.25, 0.3) is 0 Å². The van der Waals surface area contributed by atoms with Crippen molar-refractivity contribution in [1.82, 2.24) is 15.2 Å². The van der Waals surface area contributed by atoms with Crippen LogP contribution >= 0.6 is 11.6 Å². The van der Waals surface area contributed by atoms with Crippen LogP contribution in [-0.2, 0) is 19.4 Å². The molecule has 1 unspecified atom stereocenters. The summed E-state index contributed by atoms with van der Waals surface area (Å²) in [5.41, 5.74) is 7.36. The highest BCUT2D eigenvalue weighted by atomic mass is 35.5. The van der Waals surface area contributed by atoms with Gasteiger partial charge >= 0.3 is 0 Å². The van der Waals surface area contributed by atoms with Crippen LogP contribution in [0.25, 0.3) is 0 Å². The minimum Gasteiger partial charge on any atom is -0.271 e. The second-order valence-electron chi connectivity index (χ2n) is 5.14. The first-order valence-corrected chi connectivity index (χ1v) is 7.75. The van der Waals surface area contributed by atoms with E-state index in [4.69, 9.17) is 17.4 Å². The van der Waals surface area contributed by atoms with Gasteiger partial charge in [0.15, 0.2) is 0 Å². The number of benzene rings is 1. The Morgan fingerprint density at radius 1 is 1.33 bits per heavy atom. The first-order chi connectivity index (χ1) is 10.1. The van der Waals surface area contributed by atoms with Crippen molar-refractivity contribution in [2.24, 2.45) is 5.84 Å². The molecule has 2 rings (SSSR count). The van der Waals surface area contributed by atoms with Gasteiger partial charge in [-0.25, -0.2) is 0 Å². The lowest BCUT2D eigenvalue weighted by Gasteiger charge is -2.20. The van der Waals surface area contributed by atoms with Crippen LogP contribution in [0, 0.1) is 6.92 Å². The van der Waals surface area contributed by atoms with Gasteiger partial charge in [-0.3, -0.25) is 16.0 Å². The summed E-state index contributed by atoms with van der Waals surface area (Å²) in [6.07, 6.45) is 1.70. The molecule has 0 radical (unpaired) electrons. The summed E-state index contributed by atoms with van der Waals surface area (Å²) in [6.45, 7) is 6.95. The second-order valence-corrected chi connectivity index (χ2v) is 5.52. The molecule has 1 heterocycles. The highest BCUT2D eigenvalue weighted by Crippen LogP contribution is 2.27. The highest BCUT2D eigenvalue weighted by molar-refractivity contribution is 6.31. The molecule has 0 amide bonds. The van der Waals surface area contributed by atoms with Gasteiger partial charge in [-0.05, 0) is 31.4 Å².